The van der Waals surface area contributed by atoms with Crippen LogP contribution in [0.15, 0.2) is 36.5 Å². The van der Waals surface area contributed by atoms with Gasteiger partial charge in [0, 0.05) is 25.3 Å². The lowest BCUT2D eigenvalue weighted by atomic mass is 10.2. The quantitative estimate of drug-likeness (QED) is 0.842. The summed E-state index contributed by atoms with van der Waals surface area (Å²) in [6, 6.07) is 10.6. The second-order valence-corrected chi connectivity index (χ2v) is 5.00. The predicted molar refractivity (Wildman–Crippen MR) is 80.8 cm³/mol. The molecule has 1 aromatic heterocycles. The van der Waals surface area contributed by atoms with Gasteiger partial charge in [-0.25, -0.2) is 0 Å². The third kappa shape index (κ3) is 3.84. The van der Waals surface area contributed by atoms with Gasteiger partial charge in [-0.3, -0.25) is 4.68 Å². The van der Waals surface area contributed by atoms with E-state index >= 15 is 0 Å². The fourth-order valence-electron chi connectivity index (χ4n) is 1.98. The average molecular weight is 273 g/mol. The van der Waals surface area contributed by atoms with Crippen LogP contribution in [0.2, 0.25) is 0 Å². The molecule has 2 aromatic rings. The average Bonchev–Trinajstić information content (AvgIpc) is 2.96. The van der Waals surface area contributed by atoms with Gasteiger partial charge in [0.2, 0.25) is 0 Å². The summed E-state index contributed by atoms with van der Waals surface area (Å²) in [6.07, 6.45) is 3.15. The molecule has 1 aromatic carbocycles. The number of nitrogens with zero attached hydrogens (tertiary/aromatic N) is 2. The van der Waals surface area contributed by atoms with Crippen LogP contribution in [0.3, 0.4) is 0 Å². The molecule has 1 N–H and O–H groups in total. The molecule has 0 bridgehead atoms. The standard InChI is InChI=1S/C16H23N3O/c1-4-13(2)19-10-9-15(18-19)12-17-11-14-5-7-16(20-3)8-6-14/h5-10,13,17H,4,11-12H2,1-3H3. The summed E-state index contributed by atoms with van der Waals surface area (Å²) in [5, 5.41) is 7.98. The number of benzene rings is 1. The Morgan fingerprint density at radius 1 is 1.20 bits per heavy atom. The van der Waals surface area contributed by atoms with Gasteiger partial charge in [-0.05, 0) is 37.1 Å². The molecule has 0 aliphatic heterocycles. The molecule has 2 rings (SSSR count). The van der Waals surface area contributed by atoms with E-state index < -0.39 is 0 Å². The van der Waals surface area contributed by atoms with Gasteiger partial charge in [0.15, 0.2) is 0 Å². The maximum atomic E-state index is 5.15. The van der Waals surface area contributed by atoms with Gasteiger partial charge < -0.3 is 10.1 Å². The summed E-state index contributed by atoms with van der Waals surface area (Å²) in [4.78, 5) is 0. The van der Waals surface area contributed by atoms with Crippen LogP contribution in [0.4, 0.5) is 0 Å². The van der Waals surface area contributed by atoms with Gasteiger partial charge >= 0.3 is 0 Å². The first-order valence-electron chi connectivity index (χ1n) is 7.10. The van der Waals surface area contributed by atoms with Crippen molar-refractivity contribution in [1.82, 2.24) is 15.1 Å². The molecule has 4 nitrogen and oxygen atoms in total. The molecule has 0 fully saturated rings. The van der Waals surface area contributed by atoms with Crippen molar-refractivity contribution in [2.45, 2.75) is 39.4 Å². The van der Waals surface area contributed by atoms with E-state index in [1.165, 1.54) is 5.56 Å². The number of aromatic nitrogens is 2. The van der Waals surface area contributed by atoms with Crippen LogP contribution in [-0.4, -0.2) is 16.9 Å². The van der Waals surface area contributed by atoms with Crippen molar-refractivity contribution in [3.63, 3.8) is 0 Å². The minimum Gasteiger partial charge on any atom is -0.497 e. The van der Waals surface area contributed by atoms with Crippen LogP contribution in [0.5, 0.6) is 5.75 Å². The van der Waals surface area contributed by atoms with Crippen molar-refractivity contribution < 1.29 is 4.74 Å². The summed E-state index contributed by atoms with van der Waals surface area (Å²) in [5.41, 5.74) is 2.32. The Labute approximate surface area is 120 Å². The molecular weight excluding hydrogens is 250 g/mol. The summed E-state index contributed by atoms with van der Waals surface area (Å²) in [6.45, 7) is 5.98. The normalized spacial score (nSPS) is 12.3. The fraction of sp³-hybridized carbons (Fsp3) is 0.438. The van der Waals surface area contributed by atoms with Gasteiger partial charge in [0.1, 0.15) is 5.75 Å². The van der Waals surface area contributed by atoms with E-state index in [0.29, 0.717) is 6.04 Å². The van der Waals surface area contributed by atoms with Gasteiger partial charge in [-0.15, -0.1) is 0 Å². The number of rotatable bonds is 7. The molecule has 0 saturated heterocycles. The Kier molecular flexibility index (Phi) is 5.18. The highest BCUT2D eigenvalue weighted by molar-refractivity contribution is 5.27. The van der Waals surface area contributed by atoms with Crippen LogP contribution in [0, 0.1) is 0 Å². The first kappa shape index (κ1) is 14.6. The molecule has 1 unspecified atom stereocenters. The molecule has 0 aliphatic carbocycles. The van der Waals surface area contributed by atoms with Crippen molar-refractivity contribution >= 4 is 0 Å². The molecule has 1 heterocycles. The maximum absolute atomic E-state index is 5.15. The SMILES string of the molecule is CCC(C)n1ccc(CNCc2ccc(OC)cc2)n1. The van der Waals surface area contributed by atoms with Crippen molar-refractivity contribution in [2.75, 3.05) is 7.11 Å². The summed E-state index contributed by atoms with van der Waals surface area (Å²) < 4.78 is 7.18. The zero-order valence-corrected chi connectivity index (χ0v) is 12.5. The number of ether oxygens (including phenoxy) is 1. The lowest BCUT2D eigenvalue weighted by Crippen LogP contribution is -2.14. The molecule has 4 heteroatoms. The monoisotopic (exact) mass is 273 g/mol. The third-order valence-corrected chi connectivity index (χ3v) is 3.50. The highest BCUT2D eigenvalue weighted by Crippen LogP contribution is 2.11. The Balaban J connectivity index is 1.81. The zero-order chi connectivity index (χ0) is 14.4. The smallest absolute Gasteiger partial charge is 0.118 e. The van der Waals surface area contributed by atoms with Crippen LogP contribution in [0.1, 0.15) is 37.6 Å². The summed E-state index contributed by atoms with van der Waals surface area (Å²) in [5.74, 6) is 0.890. The van der Waals surface area contributed by atoms with E-state index in [-0.39, 0.29) is 0 Å². The van der Waals surface area contributed by atoms with Crippen molar-refractivity contribution in [3.05, 3.63) is 47.8 Å². The highest BCUT2D eigenvalue weighted by atomic mass is 16.5. The topological polar surface area (TPSA) is 39.1 Å². The molecule has 108 valence electrons. The summed E-state index contributed by atoms with van der Waals surface area (Å²) >= 11 is 0. The molecule has 1 atom stereocenters. The first-order chi connectivity index (χ1) is 9.72. The third-order valence-electron chi connectivity index (χ3n) is 3.50. The van der Waals surface area contributed by atoms with Crippen LogP contribution >= 0.6 is 0 Å². The van der Waals surface area contributed by atoms with Crippen molar-refractivity contribution in [2.24, 2.45) is 0 Å². The number of hydrogen-bond donors (Lipinski definition) is 1. The molecule has 0 radical (unpaired) electrons. The second kappa shape index (κ2) is 7.10. The molecule has 0 saturated carbocycles. The van der Waals surface area contributed by atoms with Crippen molar-refractivity contribution in [1.29, 1.82) is 0 Å². The Morgan fingerprint density at radius 2 is 1.95 bits per heavy atom. The fourth-order valence-corrected chi connectivity index (χ4v) is 1.98. The minimum absolute atomic E-state index is 0.463. The maximum Gasteiger partial charge on any atom is 0.118 e. The Morgan fingerprint density at radius 3 is 2.60 bits per heavy atom. The first-order valence-corrected chi connectivity index (χ1v) is 7.10. The van der Waals surface area contributed by atoms with Gasteiger partial charge in [-0.1, -0.05) is 19.1 Å². The molecular formula is C16H23N3O. The second-order valence-electron chi connectivity index (χ2n) is 5.00. The zero-order valence-electron chi connectivity index (χ0n) is 12.5. The Hall–Kier alpha value is -1.81. The van der Waals surface area contributed by atoms with Gasteiger partial charge in [0.05, 0.1) is 12.8 Å². The van der Waals surface area contributed by atoms with Crippen LogP contribution in [0.25, 0.3) is 0 Å². The number of methoxy groups -OCH3 is 1. The van der Waals surface area contributed by atoms with E-state index in [1.807, 2.05) is 16.8 Å². The van der Waals surface area contributed by atoms with Gasteiger partial charge in [-0.2, -0.15) is 5.10 Å². The van der Waals surface area contributed by atoms with E-state index in [0.717, 1.165) is 31.0 Å². The van der Waals surface area contributed by atoms with Gasteiger partial charge in [0.25, 0.3) is 0 Å². The lowest BCUT2D eigenvalue weighted by Gasteiger charge is -2.08. The molecule has 0 spiro atoms. The van der Waals surface area contributed by atoms with E-state index in [4.69, 9.17) is 4.74 Å². The lowest BCUT2D eigenvalue weighted by molar-refractivity contribution is 0.414. The van der Waals surface area contributed by atoms with E-state index in [2.05, 4.69) is 48.7 Å². The molecule has 0 aliphatic rings. The summed E-state index contributed by atoms with van der Waals surface area (Å²) in [7, 11) is 1.68. The van der Waals surface area contributed by atoms with Crippen LogP contribution < -0.4 is 10.1 Å². The van der Waals surface area contributed by atoms with Crippen LogP contribution in [-0.2, 0) is 13.1 Å². The number of hydrogen-bond acceptors (Lipinski definition) is 3. The van der Waals surface area contributed by atoms with E-state index in [9.17, 15) is 0 Å². The number of nitrogens with one attached hydrogen (secondary N) is 1. The Bertz CT molecular complexity index is 519. The minimum atomic E-state index is 0.463. The predicted octanol–water partition coefficient (Wildman–Crippen LogP) is 3.15. The highest BCUT2D eigenvalue weighted by Gasteiger charge is 2.04. The largest absolute Gasteiger partial charge is 0.497 e. The molecule has 20 heavy (non-hydrogen) atoms. The van der Waals surface area contributed by atoms with Crippen molar-refractivity contribution in [3.8, 4) is 5.75 Å². The molecule has 0 amide bonds. The van der Waals surface area contributed by atoms with E-state index in [1.54, 1.807) is 7.11 Å².